The quantitative estimate of drug-likeness (QED) is 0.940. The Kier molecular flexibility index (Phi) is 4.52. The highest BCUT2D eigenvalue weighted by Gasteiger charge is 2.12. The molecule has 0 saturated carbocycles. The summed E-state index contributed by atoms with van der Waals surface area (Å²) in [5, 5.41) is 8.83. The van der Waals surface area contributed by atoms with Gasteiger partial charge in [0.2, 0.25) is 0 Å². The first-order valence-corrected chi connectivity index (χ1v) is 7.33. The topological polar surface area (TPSA) is 54.4 Å². The summed E-state index contributed by atoms with van der Waals surface area (Å²) in [5.74, 6) is -1.63. The van der Waals surface area contributed by atoms with Gasteiger partial charge >= 0.3 is 5.97 Å². The summed E-state index contributed by atoms with van der Waals surface area (Å²) in [6.45, 7) is 0. The first-order chi connectivity index (χ1) is 9.49. The number of hydrogen-bond donors (Lipinski definition) is 1. The zero-order valence-electron chi connectivity index (χ0n) is 10.2. The fourth-order valence-corrected chi connectivity index (χ4v) is 3.11. The van der Waals surface area contributed by atoms with E-state index in [9.17, 15) is 13.4 Å². The van der Waals surface area contributed by atoms with Crippen molar-refractivity contribution in [3.63, 3.8) is 0 Å². The highest BCUT2D eigenvalue weighted by atomic mass is 35.5. The molecule has 1 unspecified atom stereocenters. The molecule has 0 spiro atoms. The van der Waals surface area contributed by atoms with Gasteiger partial charge < -0.3 is 5.11 Å². The standard InChI is InChI=1S/C14H10ClFO3S/c15-13-10(4-2-6-12(13)16)8-20(19)11-5-1-3-9(7-11)14(17)18/h1-7H,8H2,(H,17,18). The lowest BCUT2D eigenvalue weighted by molar-refractivity contribution is 0.0696. The van der Waals surface area contributed by atoms with Crippen LogP contribution in [0.25, 0.3) is 0 Å². The summed E-state index contributed by atoms with van der Waals surface area (Å²) in [4.78, 5) is 11.2. The molecule has 3 nitrogen and oxygen atoms in total. The maximum Gasteiger partial charge on any atom is 0.335 e. The fraction of sp³-hybridized carbons (Fsp3) is 0.0714. The minimum atomic E-state index is -1.49. The number of carboxylic acid groups (broad SMARTS) is 1. The van der Waals surface area contributed by atoms with Crippen molar-refractivity contribution in [1.29, 1.82) is 0 Å². The number of carboxylic acids is 1. The lowest BCUT2D eigenvalue weighted by atomic mass is 10.2. The van der Waals surface area contributed by atoms with Crippen molar-refractivity contribution in [2.45, 2.75) is 10.6 Å². The first-order valence-electron chi connectivity index (χ1n) is 5.63. The third kappa shape index (κ3) is 3.23. The molecule has 0 bridgehead atoms. The van der Waals surface area contributed by atoms with E-state index in [4.69, 9.17) is 16.7 Å². The third-order valence-electron chi connectivity index (χ3n) is 2.66. The Morgan fingerprint density at radius 2 is 1.95 bits per heavy atom. The smallest absolute Gasteiger partial charge is 0.335 e. The lowest BCUT2D eigenvalue weighted by Crippen LogP contribution is -2.01. The van der Waals surface area contributed by atoms with Crippen molar-refractivity contribution in [1.82, 2.24) is 0 Å². The van der Waals surface area contributed by atoms with E-state index in [2.05, 4.69) is 0 Å². The van der Waals surface area contributed by atoms with Gasteiger partial charge in [-0.2, -0.15) is 0 Å². The van der Waals surface area contributed by atoms with Crippen LogP contribution in [0.1, 0.15) is 15.9 Å². The van der Waals surface area contributed by atoms with Crippen LogP contribution < -0.4 is 0 Å². The average molecular weight is 313 g/mol. The molecular weight excluding hydrogens is 303 g/mol. The van der Waals surface area contributed by atoms with Gasteiger partial charge in [-0.3, -0.25) is 4.21 Å². The molecule has 0 fully saturated rings. The molecule has 1 N–H and O–H groups in total. The van der Waals surface area contributed by atoms with Crippen molar-refractivity contribution >= 4 is 28.4 Å². The molecule has 2 rings (SSSR count). The molecule has 6 heteroatoms. The van der Waals surface area contributed by atoms with Gasteiger partial charge in [-0.05, 0) is 29.8 Å². The van der Waals surface area contributed by atoms with Crippen molar-refractivity contribution in [2.24, 2.45) is 0 Å². The van der Waals surface area contributed by atoms with E-state index in [0.717, 1.165) is 0 Å². The number of rotatable bonds is 4. The molecule has 0 heterocycles. The zero-order chi connectivity index (χ0) is 14.7. The Labute approximate surface area is 122 Å². The van der Waals surface area contributed by atoms with Crippen molar-refractivity contribution in [3.8, 4) is 0 Å². The lowest BCUT2D eigenvalue weighted by Gasteiger charge is -2.06. The van der Waals surface area contributed by atoms with Crippen LogP contribution in [0.5, 0.6) is 0 Å². The van der Waals surface area contributed by atoms with Crippen LogP contribution in [0, 0.1) is 5.82 Å². The van der Waals surface area contributed by atoms with Crippen LogP contribution in [0.15, 0.2) is 47.4 Å². The predicted molar refractivity (Wildman–Crippen MR) is 74.9 cm³/mol. The number of aromatic carboxylic acids is 1. The van der Waals surface area contributed by atoms with Gasteiger partial charge in [0, 0.05) is 4.90 Å². The van der Waals surface area contributed by atoms with Gasteiger partial charge in [-0.15, -0.1) is 0 Å². The molecule has 1 atom stereocenters. The number of hydrogen-bond acceptors (Lipinski definition) is 2. The van der Waals surface area contributed by atoms with E-state index in [1.54, 1.807) is 12.1 Å². The van der Waals surface area contributed by atoms with Crippen molar-refractivity contribution in [2.75, 3.05) is 0 Å². The highest BCUT2D eigenvalue weighted by Crippen LogP contribution is 2.23. The van der Waals surface area contributed by atoms with Crippen LogP contribution in [-0.4, -0.2) is 15.3 Å². The van der Waals surface area contributed by atoms with Gasteiger partial charge in [0.1, 0.15) is 5.82 Å². The van der Waals surface area contributed by atoms with E-state index in [1.165, 1.54) is 30.3 Å². The summed E-state index contributed by atoms with van der Waals surface area (Å²) in [7, 11) is -1.49. The molecule has 0 saturated heterocycles. The molecule has 0 radical (unpaired) electrons. The van der Waals surface area contributed by atoms with Gasteiger partial charge in [0.05, 0.1) is 27.1 Å². The monoisotopic (exact) mass is 312 g/mol. The summed E-state index contributed by atoms with van der Waals surface area (Å²) >= 11 is 5.80. The molecule has 20 heavy (non-hydrogen) atoms. The van der Waals surface area contributed by atoms with Crippen LogP contribution in [0.4, 0.5) is 4.39 Å². The van der Waals surface area contributed by atoms with Crippen molar-refractivity contribution < 1.29 is 18.5 Å². The number of carbonyl (C=O) groups is 1. The second-order valence-corrected chi connectivity index (χ2v) is 5.86. The molecule has 104 valence electrons. The maximum atomic E-state index is 13.3. The van der Waals surface area contributed by atoms with E-state index in [1.807, 2.05) is 0 Å². The van der Waals surface area contributed by atoms with Crippen LogP contribution in [0.3, 0.4) is 0 Å². The van der Waals surface area contributed by atoms with Gasteiger partial charge in [0.25, 0.3) is 0 Å². The largest absolute Gasteiger partial charge is 0.478 e. The molecule has 0 aromatic heterocycles. The molecule has 0 amide bonds. The van der Waals surface area contributed by atoms with E-state index >= 15 is 0 Å². The number of benzene rings is 2. The number of halogens is 2. The molecular formula is C14H10ClFO3S. The summed E-state index contributed by atoms with van der Waals surface area (Å²) in [6, 6.07) is 10.1. The zero-order valence-corrected chi connectivity index (χ0v) is 11.7. The van der Waals surface area contributed by atoms with E-state index < -0.39 is 22.6 Å². The Morgan fingerprint density at radius 1 is 1.25 bits per heavy atom. The van der Waals surface area contributed by atoms with Crippen LogP contribution in [0.2, 0.25) is 5.02 Å². The van der Waals surface area contributed by atoms with Gasteiger partial charge in [-0.1, -0.05) is 29.8 Å². The van der Waals surface area contributed by atoms with Crippen LogP contribution >= 0.6 is 11.6 Å². The second kappa shape index (κ2) is 6.15. The Bertz CT molecular complexity index is 688. The SMILES string of the molecule is O=C(O)c1cccc(S(=O)Cc2cccc(F)c2Cl)c1. The van der Waals surface area contributed by atoms with E-state index in [-0.39, 0.29) is 16.3 Å². The first kappa shape index (κ1) is 14.7. The minimum Gasteiger partial charge on any atom is -0.478 e. The van der Waals surface area contributed by atoms with Gasteiger partial charge in [-0.25, -0.2) is 9.18 Å². The second-order valence-electron chi connectivity index (χ2n) is 4.04. The normalized spacial score (nSPS) is 12.1. The summed E-state index contributed by atoms with van der Waals surface area (Å²) in [6.07, 6.45) is 0. The molecule has 0 aliphatic rings. The highest BCUT2D eigenvalue weighted by molar-refractivity contribution is 7.84. The van der Waals surface area contributed by atoms with Gasteiger partial charge in [0.15, 0.2) is 0 Å². The summed E-state index contributed by atoms with van der Waals surface area (Å²) < 4.78 is 25.5. The predicted octanol–water partition coefficient (Wildman–Crippen LogP) is 3.49. The molecule has 0 aliphatic carbocycles. The van der Waals surface area contributed by atoms with E-state index in [0.29, 0.717) is 10.5 Å². The molecule has 0 aliphatic heterocycles. The Morgan fingerprint density at radius 3 is 2.65 bits per heavy atom. The minimum absolute atomic E-state index is 0.0274. The molecule has 2 aromatic rings. The van der Waals surface area contributed by atoms with Crippen LogP contribution in [-0.2, 0) is 16.6 Å². The maximum absolute atomic E-state index is 13.3. The molecule has 2 aromatic carbocycles. The Balaban J connectivity index is 2.26. The third-order valence-corrected chi connectivity index (χ3v) is 4.44. The average Bonchev–Trinajstić information content (AvgIpc) is 2.44. The summed E-state index contributed by atoms with van der Waals surface area (Å²) in [5.41, 5.74) is 0.479. The van der Waals surface area contributed by atoms with Crippen molar-refractivity contribution in [3.05, 3.63) is 64.4 Å². The Hall–Kier alpha value is -1.72. The fourth-order valence-electron chi connectivity index (χ4n) is 1.66.